The minimum Gasteiger partial charge on any atom is -0.377 e. The first-order valence-corrected chi connectivity index (χ1v) is 15.9. The summed E-state index contributed by atoms with van der Waals surface area (Å²) in [6.45, 7) is 2.94. The van der Waals surface area contributed by atoms with Crippen molar-refractivity contribution in [1.29, 1.82) is 0 Å². The van der Waals surface area contributed by atoms with Crippen molar-refractivity contribution in [2.45, 2.75) is 68.9 Å². The molecule has 2 N–H and O–H groups in total. The molecule has 1 fully saturated rings. The van der Waals surface area contributed by atoms with Crippen molar-refractivity contribution in [3.8, 4) is 0 Å². The van der Waals surface area contributed by atoms with Gasteiger partial charge in [-0.2, -0.15) is 0 Å². The summed E-state index contributed by atoms with van der Waals surface area (Å²) in [6, 6.07) is 3.44. The average Bonchev–Trinajstić information content (AvgIpc) is 3.56. The molecule has 1 saturated heterocycles. The van der Waals surface area contributed by atoms with Crippen LogP contribution in [0.5, 0.6) is 0 Å². The van der Waals surface area contributed by atoms with Gasteiger partial charge in [0.2, 0.25) is 11.8 Å². The summed E-state index contributed by atoms with van der Waals surface area (Å²) in [5.41, 5.74) is 2.14. The van der Waals surface area contributed by atoms with Crippen LogP contribution in [0.4, 0.5) is 19.0 Å². The topological polar surface area (TPSA) is 114 Å². The maximum atomic E-state index is 15.1. The van der Waals surface area contributed by atoms with E-state index >= 15 is 4.39 Å². The number of nitrogens with one attached hydrogen (secondary N) is 2. The minimum atomic E-state index is -1.31. The molecule has 12 heteroatoms. The molecule has 3 amide bonds. The monoisotopic (exact) mass is 645 g/mol. The van der Waals surface area contributed by atoms with Crippen molar-refractivity contribution in [2.24, 2.45) is 0 Å². The van der Waals surface area contributed by atoms with Crippen LogP contribution in [0.25, 0.3) is 6.08 Å². The SMILES string of the molecule is C[C@@H]1[C@H](c2cc(F)cc(F)c2F)C[C@@H]2NC(=O)c3cnc4c(c3)C[C@@]3(C4)C(=O)Nc4ncc(cc43)/C=C\COCCCCCN1C2=O. The largest absolute Gasteiger partial charge is 0.377 e. The van der Waals surface area contributed by atoms with Gasteiger partial charge < -0.3 is 20.3 Å². The Labute approximate surface area is 269 Å². The van der Waals surface area contributed by atoms with E-state index in [-0.39, 0.29) is 29.4 Å². The first kappa shape index (κ1) is 31.0. The maximum Gasteiger partial charge on any atom is 0.253 e. The molecule has 4 aliphatic rings. The number of rotatable bonds is 1. The molecule has 1 aliphatic carbocycles. The summed E-state index contributed by atoms with van der Waals surface area (Å²) >= 11 is 0. The van der Waals surface area contributed by atoms with Crippen LogP contribution in [0.3, 0.4) is 0 Å². The van der Waals surface area contributed by atoms with Gasteiger partial charge in [0.1, 0.15) is 17.7 Å². The fourth-order valence-electron chi connectivity index (χ4n) is 7.46. The van der Waals surface area contributed by atoms with E-state index in [0.717, 1.165) is 35.6 Å². The number of ether oxygens (including phenoxy) is 1. The highest BCUT2D eigenvalue weighted by Crippen LogP contribution is 2.46. The van der Waals surface area contributed by atoms with E-state index in [1.807, 2.05) is 18.2 Å². The number of nitrogens with zero attached hydrogens (tertiary/aromatic N) is 3. The van der Waals surface area contributed by atoms with Crippen LogP contribution in [0.1, 0.15) is 76.8 Å². The molecule has 4 atom stereocenters. The smallest absolute Gasteiger partial charge is 0.253 e. The molecule has 0 unspecified atom stereocenters. The number of anilines is 1. The molecule has 1 spiro atoms. The van der Waals surface area contributed by atoms with E-state index in [2.05, 4.69) is 20.6 Å². The number of halogens is 3. The molecule has 0 saturated carbocycles. The molecule has 9 nitrogen and oxygen atoms in total. The average molecular weight is 646 g/mol. The lowest BCUT2D eigenvalue weighted by Gasteiger charge is -2.43. The predicted octanol–water partition coefficient (Wildman–Crippen LogP) is 4.60. The number of fused-ring (bicyclic) bond motifs is 4. The number of aromatic nitrogens is 2. The van der Waals surface area contributed by atoms with Crippen LogP contribution in [0.2, 0.25) is 0 Å². The molecule has 0 radical (unpaired) electrons. The van der Waals surface area contributed by atoms with E-state index in [1.54, 1.807) is 24.1 Å². The highest BCUT2D eigenvalue weighted by molar-refractivity contribution is 6.06. The lowest BCUT2D eigenvalue weighted by Crippen LogP contribution is -2.58. The number of benzene rings is 1. The molecule has 1 aromatic carbocycles. The maximum absolute atomic E-state index is 15.1. The number of carbonyl (C=O) groups is 3. The summed E-state index contributed by atoms with van der Waals surface area (Å²) in [4.78, 5) is 51.4. The number of hydrogen-bond donors (Lipinski definition) is 2. The van der Waals surface area contributed by atoms with Gasteiger partial charge in [-0.1, -0.05) is 12.2 Å². The molecule has 47 heavy (non-hydrogen) atoms. The lowest BCUT2D eigenvalue weighted by atomic mass is 9.79. The first-order valence-electron chi connectivity index (χ1n) is 15.9. The number of pyridine rings is 2. The second kappa shape index (κ2) is 12.2. The fourth-order valence-corrected chi connectivity index (χ4v) is 7.46. The Hall–Kier alpha value is -4.58. The standard InChI is InChI=1S/C35H34F3N5O4/c1-19-24(25-12-23(36)13-27(37)30(25)38)14-28-33(45)43(19)7-3-2-4-8-47-9-5-6-20-10-26-31(40-17-20)42-34(46)35(26)15-21-11-22(32(44)41-28)18-39-29(21)16-35/h5-6,10-13,17-19,24,28H,2-4,7-9,14-16H2,1H3,(H,41,44)(H,40,42,46)/b6-5-/t19-,24-,28+,35+/m1/s1. The van der Waals surface area contributed by atoms with Crippen LogP contribution in [-0.2, 0) is 32.6 Å². The number of carbonyl (C=O) groups excluding carboxylic acids is 3. The zero-order valence-electron chi connectivity index (χ0n) is 25.8. The van der Waals surface area contributed by atoms with Crippen molar-refractivity contribution in [1.82, 2.24) is 20.2 Å². The predicted molar refractivity (Wildman–Crippen MR) is 166 cm³/mol. The van der Waals surface area contributed by atoms with Gasteiger partial charge in [0.05, 0.1) is 17.6 Å². The minimum absolute atomic E-state index is 0.0445. The van der Waals surface area contributed by atoms with Crippen LogP contribution in [-0.4, -0.2) is 64.4 Å². The molecular weight excluding hydrogens is 611 g/mol. The van der Waals surface area contributed by atoms with Crippen LogP contribution in [0.15, 0.2) is 42.7 Å². The quantitative estimate of drug-likeness (QED) is 0.374. The van der Waals surface area contributed by atoms with Crippen LogP contribution in [0, 0.1) is 17.5 Å². The Morgan fingerprint density at radius 1 is 1.00 bits per heavy atom. The fraction of sp³-hybridized carbons (Fsp3) is 0.400. The Kier molecular flexibility index (Phi) is 8.07. The molecule has 3 aromatic rings. The van der Waals surface area contributed by atoms with E-state index in [0.29, 0.717) is 56.6 Å². The number of amides is 3. The van der Waals surface area contributed by atoms with Crippen molar-refractivity contribution in [2.75, 3.05) is 25.1 Å². The molecular formula is C35H34F3N5O4. The van der Waals surface area contributed by atoms with Crippen LogP contribution < -0.4 is 10.6 Å². The van der Waals surface area contributed by atoms with Gasteiger partial charge >= 0.3 is 0 Å². The molecule has 7 rings (SSSR count). The number of hydrogen-bond acceptors (Lipinski definition) is 6. The highest BCUT2D eigenvalue weighted by atomic mass is 19.2. The summed E-state index contributed by atoms with van der Waals surface area (Å²) < 4.78 is 49.4. The van der Waals surface area contributed by atoms with Gasteiger partial charge in [-0.3, -0.25) is 19.4 Å². The van der Waals surface area contributed by atoms with Gasteiger partial charge in [-0.05, 0) is 73.9 Å². The van der Waals surface area contributed by atoms with E-state index in [9.17, 15) is 23.2 Å². The Morgan fingerprint density at radius 3 is 2.70 bits per heavy atom. The third kappa shape index (κ3) is 5.58. The lowest BCUT2D eigenvalue weighted by molar-refractivity contribution is -0.139. The molecule has 7 bridgehead atoms. The zero-order valence-corrected chi connectivity index (χ0v) is 25.8. The molecule has 2 aromatic heterocycles. The first-order chi connectivity index (χ1) is 22.6. The Morgan fingerprint density at radius 2 is 1.85 bits per heavy atom. The summed E-state index contributed by atoms with van der Waals surface area (Å²) in [5.74, 6) is -4.77. The van der Waals surface area contributed by atoms with Crippen LogP contribution >= 0.6 is 0 Å². The molecule has 5 heterocycles. The summed E-state index contributed by atoms with van der Waals surface area (Å²) in [6.07, 6.45) is 9.62. The van der Waals surface area contributed by atoms with Crippen molar-refractivity contribution >= 4 is 29.6 Å². The van der Waals surface area contributed by atoms with Crippen molar-refractivity contribution in [3.05, 3.63) is 93.7 Å². The van der Waals surface area contributed by atoms with Gasteiger partial charge in [0, 0.05) is 61.2 Å². The van der Waals surface area contributed by atoms with Gasteiger partial charge in [0.25, 0.3) is 5.91 Å². The molecule has 244 valence electrons. The highest BCUT2D eigenvalue weighted by Gasteiger charge is 2.52. The Bertz CT molecular complexity index is 1820. The third-order valence-electron chi connectivity index (χ3n) is 9.96. The van der Waals surface area contributed by atoms with E-state index in [1.165, 1.54) is 6.20 Å². The summed E-state index contributed by atoms with van der Waals surface area (Å²) in [7, 11) is 0. The molecule has 3 aliphatic heterocycles. The van der Waals surface area contributed by atoms with Gasteiger partial charge in [0.15, 0.2) is 11.6 Å². The second-order valence-corrected chi connectivity index (χ2v) is 12.9. The second-order valence-electron chi connectivity index (χ2n) is 12.9. The third-order valence-corrected chi connectivity index (χ3v) is 9.96. The normalized spacial score (nSPS) is 26.8. The Balaban J connectivity index is 1.22. The summed E-state index contributed by atoms with van der Waals surface area (Å²) in [5, 5.41) is 5.70. The zero-order chi connectivity index (χ0) is 32.9. The van der Waals surface area contributed by atoms with Crippen molar-refractivity contribution in [3.63, 3.8) is 0 Å². The number of piperidine rings is 1. The van der Waals surface area contributed by atoms with E-state index in [4.69, 9.17) is 4.74 Å². The van der Waals surface area contributed by atoms with Gasteiger partial charge in [-0.25, -0.2) is 18.2 Å². The van der Waals surface area contributed by atoms with Crippen molar-refractivity contribution < 1.29 is 32.3 Å². The van der Waals surface area contributed by atoms with Gasteiger partial charge in [-0.15, -0.1) is 0 Å². The van der Waals surface area contributed by atoms with E-state index < -0.39 is 46.8 Å².